The normalized spacial score (nSPS) is 11.6. The SMILES string of the molecule is COc1cc(NC(=O)C(N)Cc2ccccc2)cc(OC)c1. The molecule has 0 saturated carbocycles. The highest BCUT2D eigenvalue weighted by Crippen LogP contribution is 2.25. The predicted octanol–water partition coefficient (Wildman–Crippen LogP) is 2.21. The maximum atomic E-state index is 12.2. The molecule has 0 aliphatic carbocycles. The molecular weight excluding hydrogens is 280 g/mol. The van der Waals surface area contributed by atoms with E-state index in [0.29, 0.717) is 23.6 Å². The molecule has 5 nitrogen and oxygen atoms in total. The summed E-state index contributed by atoms with van der Waals surface area (Å²) in [4.78, 5) is 12.2. The first kappa shape index (κ1) is 15.9. The van der Waals surface area contributed by atoms with Crippen molar-refractivity contribution in [2.75, 3.05) is 19.5 Å². The molecule has 3 N–H and O–H groups in total. The van der Waals surface area contributed by atoms with Crippen LogP contribution >= 0.6 is 0 Å². The molecule has 0 fully saturated rings. The fourth-order valence-corrected chi connectivity index (χ4v) is 2.08. The number of carbonyl (C=O) groups is 1. The highest BCUT2D eigenvalue weighted by atomic mass is 16.5. The first-order valence-electron chi connectivity index (χ1n) is 6.96. The van der Waals surface area contributed by atoms with Crippen LogP contribution in [0.3, 0.4) is 0 Å². The van der Waals surface area contributed by atoms with E-state index in [9.17, 15) is 4.79 Å². The predicted molar refractivity (Wildman–Crippen MR) is 86.3 cm³/mol. The van der Waals surface area contributed by atoms with E-state index in [1.807, 2.05) is 30.3 Å². The lowest BCUT2D eigenvalue weighted by molar-refractivity contribution is -0.117. The minimum absolute atomic E-state index is 0.251. The molecule has 0 aromatic heterocycles. The van der Waals surface area contributed by atoms with Crippen molar-refractivity contribution in [3.63, 3.8) is 0 Å². The van der Waals surface area contributed by atoms with Gasteiger partial charge in [0.15, 0.2) is 0 Å². The van der Waals surface area contributed by atoms with Crippen molar-refractivity contribution >= 4 is 11.6 Å². The molecule has 22 heavy (non-hydrogen) atoms. The number of nitrogens with one attached hydrogen (secondary N) is 1. The van der Waals surface area contributed by atoms with Gasteiger partial charge in [0.05, 0.1) is 20.3 Å². The molecule has 5 heteroatoms. The first-order chi connectivity index (χ1) is 10.6. The smallest absolute Gasteiger partial charge is 0.241 e. The van der Waals surface area contributed by atoms with Gasteiger partial charge in [-0.05, 0) is 12.0 Å². The van der Waals surface area contributed by atoms with Crippen LogP contribution in [-0.4, -0.2) is 26.2 Å². The number of amides is 1. The molecule has 1 unspecified atom stereocenters. The number of methoxy groups -OCH3 is 2. The molecule has 1 atom stereocenters. The van der Waals surface area contributed by atoms with Crippen molar-refractivity contribution in [2.24, 2.45) is 5.73 Å². The average molecular weight is 300 g/mol. The highest BCUT2D eigenvalue weighted by molar-refractivity contribution is 5.95. The van der Waals surface area contributed by atoms with Crippen LogP contribution in [0.4, 0.5) is 5.69 Å². The molecule has 0 radical (unpaired) electrons. The second-order valence-corrected chi connectivity index (χ2v) is 4.89. The van der Waals surface area contributed by atoms with Gasteiger partial charge in [0, 0.05) is 23.9 Å². The molecule has 0 spiro atoms. The van der Waals surface area contributed by atoms with Crippen LogP contribution in [0.15, 0.2) is 48.5 Å². The number of nitrogens with two attached hydrogens (primary N) is 1. The van der Waals surface area contributed by atoms with E-state index in [0.717, 1.165) is 5.56 Å². The van der Waals surface area contributed by atoms with Gasteiger partial charge in [-0.15, -0.1) is 0 Å². The van der Waals surface area contributed by atoms with E-state index in [4.69, 9.17) is 15.2 Å². The van der Waals surface area contributed by atoms with Crippen molar-refractivity contribution in [1.82, 2.24) is 0 Å². The second-order valence-electron chi connectivity index (χ2n) is 4.89. The summed E-state index contributed by atoms with van der Waals surface area (Å²) < 4.78 is 10.3. The molecule has 0 aliphatic rings. The lowest BCUT2D eigenvalue weighted by atomic mass is 10.1. The number of benzene rings is 2. The Kier molecular flexibility index (Phi) is 5.38. The van der Waals surface area contributed by atoms with Crippen LogP contribution in [0.2, 0.25) is 0 Å². The van der Waals surface area contributed by atoms with Gasteiger partial charge < -0.3 is 20.5 Å². The van der Waals surface area contributed by atoms with Gasteiger partial charge in [-0.2, -0.15) is 0 Å². The van der Waals surface area contributed by atoms with Crippen LogP contribution in [0.5, 0.6) is 11.5 Å². The molecule has 0 saturated heterocycles. The molecule has 2 aromatic rings. The Bertz CT molecular complexity index is 607. The van der Waals surface area contributed by atoms with Crippen molar-refractivity contribution in [1.29, 1.82) is 0 Å². The topological polar surface area (TPSA) is 73.6 Å². The molecule has 0 bridgehead atoms. The summed E-state index contributed by atoms with van der Waals surface area (Å²) in [6, 6.07) is 14.2. The average Bonchev–Trinajstić information content (AvgIpc) is 2.55. The van der Waals surface area contributed by atoms with Crippen molar-refractivity contribution in [3.05, 3.63) is 54.1 Å². The lowest BCUT2D eigenvalue weighted by Gasteiger charge is -2.14. The minimum Gasteiger partial charge on any atom is -0.497 e. The minimum atomic E-state index is -0.625. The van der Waals surface area contributed by atoms with Gasteiger partial charge in [0.1, 0.15) is 11.5 Å². The summed E-state index contributed by atoms with van der Waals surface area (Å²) in [6.45, 7) is 0. The van der Waals surface area contributed by atoms with E-state index in [1.54, 1.807) is 32.4 Å². The van der Waals surface area contributed by atoms with Crippen LogP contribution < -0.4 is 20.5 Å². The van der Waals surface area contributed by atoms with E-state index in [-0.39, 0.29) is 5.91 Å². The third-order valence-electron chi connectivity index (χ3n) is 3.25. The largest absolute Gasteiger partial charge is 0.497 e. The maximum absolute atomic E-state index is 12.2. The summed E-state index contributed by atoms with van der Waals surface area (Å²) in [5.74, 6) is 0.955. The number of hydrogen-bond donors (Lipinski definition) is 2. The number of hydrogen-bond acceptors (Lipinski definition) is 4. The zero-order valence-electron chi connectivity index (χ0n) is 12.7. The van der Waals surface area contributed by atoms with Gasteiger partial charge in [-0.25, -0.2) is 0 Å². The highest BCUT2D eigenvalue weighted by Gasteiger charge is 2.15. The van der Waals surface area contributed by atoms with Gasteiger partial charge >= 0.3 is 0 Å². The monoisotopic (exact) mass is 300 g/mol. The van der Waals surface area contributed by atoms with Gasteiger partial charge in [-0.1, -0.05) is 30.3 Å². The van der Waals surface area contributed by atoms with Gasteiger partial charge in [-0.3, -0.25) is 4.79 Å². The van der Waals surface area contributed by atoms with E-state index < -0.39 is 6.04 Å². The zero-order chi connectivity index (χ0) is 15.9. The Morgan fingerprint density at radius 2 is 1.68 bits per heavy atom. The van der Waals surface area contributed by atoms with Crippen LogP contribution in [0.25, 0.3) is 0 Å². The Balaban J connectivity index is 2.04. The number of rotatable bonds is 6. The fraction of sp³-hybridized carbons (Fsp3) is 0.235. The third kappa shape index (κ3) is 4.23. The summed E-state index contributed by atoms with van der Waals surface area (Å²) in [5, 5.41) is 2.79. The lowest BCUT2D eigenvalue weighted by Crippen LogP contribution is -2.37. The molecule has 116 valence electrons. The second kappa shape index (κ2) is 7.47. The Labute approximate surface area is 130 Å². The van der Waals surface area contributed by atoms with Gasteiger partial charge in [0.25, 0.3) is 0 Å². The van der Waals surface area contributed by atoms with Crippen LogP contribution in [0, 0.1) is 0 Å². The maximum Gasteiger partial charge on any atom is 0.241 e. The summed E-state index contributed by atoms with van der Waals surface area (Å²) in [6.07, 6.45) is 0.480. The van der Waals surface area contributed by atoms with Gasteiger partial charge in [0.2, 0.25) is 5.91 Å². The number of ether oxygens (including phenoxy) is 2. The molecule has 0 aliphatic heterocycles. The summed E-state index contributed by atoms with van der Waals surface area (Å²) in [7, 11) is 3.11. The van der Waals surface area contributed by atoms with E-state index in [2.05, 4.69) is 5.32 Å². The Hall–Kier alpha value is -2.53. The molecule has 1 amide bonds. The molecule has 2 aromatic carbocycles. The third-order valence-corrected chi connectivity index (χ3v) is 3.25. The molecular formula is C17H20N2O3. The number of carbonyl (C=O) groups excluding carboxylic acids is 1. The van der Waals surface area contributed by atoms with E-state index in [1.165, 1.54) is 0 Å². The fourth-order valence-electron chi connectivity index (χ4n) is 2.08. The summed E-state index contributed by atoms with van der Waals surface area (Å²) in [5.41, 5.74) is 7.57. The standard InChI is InChI=1S/C17H20N2O3/c1-21-14-9-13(10-15(11-14)22-2)19-17(20)16(18)8-12-6-4-3-5-7-12/h3-7,9-11,16H,8,18H2,1-2H3,(H,19,20). The number of anilines is 1. The van der Waals surface area contributed by atoms with E-state index >= 15 is 0 Å². The first-order valence-corrected chi connectivity index (χ1v) is 6.96. The Morgan fingerprint density at radius 3 is 2.23 bits per heavy atom. The quantitative estimate of drug-likeness (QED) is 0.858. The van der Waals surface area contributed by atoms with Crippen molar-refractivity contribution in [3.8, 4) is 11.5 Å². The van der Waals surface area contributed by atoms with Crippen molar-refractivity contribution in [2.45, 2.75) is 12.5 Å². The zero-order valence-corrected chi connectivity index (χ0v) is 12.7. The Morgan fingerprint density at radius 1 is 1.09 bits per heavy atom. The van der Waals surface area contributed by atoms with Crippen molar-refractivity contribution < 1.29 is 14.3 Å². The van der Waals surface area contributed by atoms with Crippen LogP contribution in [0.1, 0.15) is 5.56 Å². The summed E-state index contributed by atoms with van der Waals surface area (Å²) >= 11 is 0. The van der Waals surface area contributed by atoms with Crippen LogP contribution in [-0.2, 0) is 11.2 Å². The molecule has 2 rings (SSSR count). The molecule has 0 heterocycles.